The Bertz CT molecular complexity index is 227. The van der Waals surface area contributed by atoms with Gasteiger partial charge in [0.25, 0.3) is 0 Å². The molecule has 1 aliphatic heterocycles. The second-order valence-electron chi connectivity index (χ2n) is 3.20. The maximum Gasteiger partial charge on any atom is 0.326 e. The van der Waals surface area contributed by atoms with Gasteiger partial charge in [0.2, 0.25) is 0 Å². The number of carboxylic acid groups (broad SMARTS) is 1. The molecule has 0 radical (unpaired) electrons. The predicted octanol–water partition coefficient (Wildman–Crippen LogP) is 1.15. The van der Waals surface area contributed by atoms with Crippen LogP contribution in [0.5, 0.6) is 0 Å². The second-order valence-corrected chi connectivity index (χ2v) is 3.20. The summed E-state index contributed by atoms with van der Waals surface area (Å²) >= 11 is 0. The molecule has 68 valence electrons. The minimum absolute atomic E-state index is 0. The molecule has 4 heteroatoms. The van der Waals surface area contributed by atoms with Gasteiger partial charge in [-0.1, -0.05) is 6.08 Å². The number of allylic oxidation sites excluding steroid dienone is 2. The quantitative estimate of drug-likeness (QED) is 0.651. The molecule has 2 atom stereocenters. The molecular formula is C8H12ClNO2. The van der Waals surface area contributed by atoms with E-state index in [2.05, 4.69) is 11.4 Å². The van der Waals surface area contributed by atoms with E-state index >= 15 is 0 Å². The molecule has 12 heavy (non-hydrogen) atoms. The molecule has 1 heterocycles. The van der Waals surface area contributed by atoms with Gasteiger partial charge in [-0.3, -0.25) is 0 Å². The van der Waals surface area contributed by atoms with Crippen LogP contribution in [-0.2, 0) is 4.79 Å². The summed E-state index contributed by atoms with van der Waals surface area (Å²) in [6.45, 7) is 0. The highest BCUT2D eigenvalue weighted by Crippen LogP contribution is 2.33. The number of halogens is 1. The number of hydrogen-bond acceptors (Lipinski definition) is 2. The van der Waals surface area contributed by atoms with Crippen LogP contribution in [0.2, 0.25) is 0 Å². The Labute approximate surface area is 77.3 Å². The van der Waals surface area contributed by atoms with Crippen LogP contribution in [-0.4, -0.2) is 17.1 Å². The van der Waals surface area contributed by atoms with Crippen LogP contribution >= 0.6 is 12.4 Å². The average molecular weight is 190 g/mol. The lowest BCUT2D eigenvalue weighted by Gasteiger charge is -2.03. The molecule has 1 saturated heterocycles. The Morgan fingerprint density at radius 3 is 3.00 bits per heavy atom. The second kappa shape index (κ2) is 3.35. The van der Waals surface area contributed by atoms with E-state index in [0.717, 1.165) is 25.0 Å². The van der Waals surface area contributed by atoms with E-state index in [4.69, 9.17) is 5.11 Å². The van der Waals surface area contributed by atoms with Crippen LogP contribution in [0.1, 0.15) is 19.3 Å². The summed E-state index contributed by atoms with van der Waals surface area (Å²) in [7, 11) is 0. The van der Waals surface area contributed by atoms with Gasteiger partial charge in [-0.15, -0.1) is 12.4 Å². The number of fused-ring (bicyclic) bond motifs is 1. The Hall–Kier alpha value is -0.700. The molecule has 0 saturated carbocycles. The lowest BCUT2D eigenvalue weighted by molar-refractivity contribution is -0.139. The summed E-state index contributed by atoms with van der Waals surface area (Å²) < 4.78 is 0. The molecule has 2 N–H and O–H groups in total. The summed E-state index contributed by atoms with van der Waals surface area (Å²) in [5.41, 5.74) is 1.16. The summed E-state index contributed by atoms with van der Waals surface area (Å²) in [5, 5.41) is 11.7. The lowest BCUT2D eigenvalue weighted by Crippen LogP contribution is -2.29. The third kappa shape index (κ3) is 1.41. The molecule has 3 nitrogen and oxygen atoms in total. The van der Waals surface area contributed by atoms with Crippen molar-refractivity contribution in [3.8, 4) is 0 Å². The fourth-order valence-corrected chi connectivity index (χ4v) is 1.89. The Morgan fingerprint density at radius 2 is 2.42 bits per heavy atom. The van der Waals surface area contributed by atoms with Gasteiger partial charge in [-0.25, -0.2) is 4.79 Å². The zero-order valence-electron chi connectivity index (χ0n) is 6.62. The molecule has 1 aliphatic carbocycles. The van der Waals surface area contributed by atoms with Gasteiger partial charge in [0.15, 0.2) is 0 Å². The van der Waals surface area contributed by atoms with Gasteiger partial charge in [0, 0.05) is 11.6 Å². The van der Waals surface area contributed by atoms with Crippen LogP contribution in [0.25, 0.3) is 0 Å². The fraction of sp³-hybridized carbons (Fsp3) is 0.625. The Morgan fingerprint density at radius 1 is 1.67 bits per heavy atom. The van der Waals surface area contributed by atoms with E-state index in [1.807, 2.05) is 0 Å². The number of aliphatic carboxylic acids is 1. The van der Waals surface area contributed by atoms with Crippen molar-refractivity contribution >= 4 is 18.4 Å². The molecule has 2 rings (SSSR count). The van der Waals surface area contributed by atoms with Crippen molar-refractivity contribution in [2.75, 3.05) is 0 Å². The van der Waals surface area contributed by atoms with Crippen LogP contribution in [0.15, 0.2) is 11.8 Å². The Kier molecular flexibility index (Phi) is 2.62. The van der Waals surface area contributed by atoms with Gasteiger partial charge in [0.1, 0.15) is 6.04 Å². The molecule has 2 unspecified atom stereocenters. The molecule has 0 aromatic carbocycles. The highest BCUT2D eigenvalue weighted by atomic mass is 35.5. The van der Waals surface area contributed by atoms with E-state index in [0.29, 0.717) is 5.92 Å². The average Bonchev–Trinajstić information content (AvgIpc) is 2.40. The number of rotatable bonds is 1. The SMILES string of the molecule is Cl.O=C(O)C1CC2CCC=C2N1. The first kappa shape index (κ1) is 9.39. The smallest absolute Gasteiger partial charge is 0.326 e. The zero-order valence-corrected chi connectivity index (χ0v) is 7.43. The number of carbonyl (C=O) groups is 1. The molecule has 1 fully saturated rings. The maximum atomic E-state index is 10.5. The number of hydrogen-bond donors (Lipinski definition) is 2. The largest absolute Gasteiger partial charge is 0.480 e. The van der Waals surface area contributed by atoms with E-state index in [9.17, 15) is 4.79 Å². The fourth-order valence-electron chi connectivity index (χ4n) is 1.89. The molecule has 0 aromatic rings. The first-order chi connectivity index (χ1) is 5.27. The van der Waals surface area contributed by atoms with Crippen molar-refractivity contribution in [2.24, 2.45) is 5.92 Å². The predicted molar refractivity (Wildman–Crippen MR) is 47.2 cm³/mol. The van der Waals surface area contributed by atoms with E-state index < -0.39 is 5.97 Å². The molecule has 0 spiro atoms. The van der Waals surface area contributed by atoms with Gasteiger partial charge in [-0.2, -0.15) is 0 Å². The van der Waals surface area contributed by atoms with Gasteiger partial charge < -0.3 is 10.4 Å². The topological polar surface area (TPSA) is 49.3 Å². The van der Waals surface area contributed by atoms with Crippen molar-refractivity contribution in [1.29, 1.82) is 0 Å². The van der Waals surface area contributed by atoms with Gasteiger partial charge in [-0.05, 0) is 19.3 Å². The van der Waals surface area contributed by atoms with Crippen molar-refractivity contribution in [1.82, 2.24) is 5.32 Å². The summed E-state index contributed by atoms with van der Waals surface area (Å²) in [4.78, 5) is 10.5. The molecule has 0 bridgehead atoms. The minimum Gasteiger partial charge on any atom is -0.480 e. The van der Waals surface area contributed by atoms with E-state index in [-0.39, 0.29) is 18.4 Å². The summed E-state index contributed by atoms with van der Waals surface area (Å²) in [6, 6.07) is -0.327. The zero-order chi connectivity index (χ0) is 7.84. The minimum atomic E-state index is -0.722. The molecule has 2 aliphatic rings. The molecule has 0 aromatic heterocycles. The van der Waals surface area contributed by atoms with Crippen molar-refractivity contribution in [3.63, 3.8) is 0 Å². The first-order valence-corrected chi connectivity index (χ1v) is 3.97. The normalized spacial score (nSPS) is 31.5. The van der Waals surface area contributed by atoms with Crippen molar-refractivity contribution in [2.45, 2.75) is 25.3 Å². The van der Waals surface area contributed by atoms with E-state index in [1.54, 1.807) is 0 Å². The van der Waals surface area contributed by atoms with Crippen LogP contribution in [0.3, 0.4) is 0 Å². The highest BCUT2D eigenvalue weighted by molar-refractivity contribution is 5.85. The third-order valence-corrected chi connectivity index (χ3v) is 2.48. The summed E-state index contributed by atoms with van der Waals surface area (Å²) in [6.07, 6.45) is 5.14. The monoisotopic (exact) mass is 189 g/mol. The molecule has 0 amide bonds. The lowest BCUT2D eigenvalue weighted by atomic mass is 10.0. The number of nitrogens with one attached hydrogen (secondary N) is 1. The first-order valence-electron chi connectivity index (χ1n) is 3.97. The van der Waals surface area contributed by atoms with Gasteiger partial charge >= 0.3 is 5.97 Å². The van der Waals surface area contributed by atoms with Crippen molar-refractivity contribution < 1.29 is 9.90 Å². The maximum absolute atomic E-state index is 10.5. The highest BCUT2D eigenvalue weighted by Gasteiger charge is 2.34. The van der Waals surface area contributed by atoms with Gasteiger partial charge in [0.05, 0.1) is 0 Å². The van der Waals surface area contributed by atoms with E-state index in [1.165, 1.54) is 0 Å². The standard InChI is InChI=1S/C8H11NO2.ClH/c10-8(11)7-4-5-2-1-3-6(5)9-7;/h3,5,7,9H,1-2,4H2,(H,10,11);1H. The summed E-state index contributed by atoms with van der Waals surface area (Å²) in [5.74, 6) is -0.212. The Balaban J connectivity index is 0.000000720. The third-order valence-electron chi connectivity index (χ3n) is 2.48. The van der Waals surface area contributed by atoms with Crippen molar-refractivity contribution in [3.05, 3.63) is 11.8 Å². The van der Waals surface area contributed by atoms with Crippen LogP contribution < -0.4 is 5.32 Å². The molecular weight excluding hydrogens is 178 g/mol. The van der Waals surface area contributed by atoms with Crippen LogP contribution in [0.4, 0.5) is 0 Å². The number of carboxylic acids is 1. The van der Waals surface area contributed by atoms with Crippen LogP contribution in [0, 0.1) is 5.92 Å².